The van der Waals surface area contributed by atoms with E-state index in [9.17, 15) is 19.5 Å². The zero-order chi connectivity index (χ0) is 18.4. The topological polar surface area (TPSA) is 90.4 Å². The van der Waals surface area contributed by atoms with Crippen molar-refractivity contribution in [2.24, 2.45) is 5.41 Å². The average Bonchev–Trinajstić information content (AvgIpc) is 2.63. The third-order valence-corrected chi connectivity index (χ3v) is 5.41. The van der Waals surface area contributed by atoms with Gasteiger partial charge in [-0.25, -0.2) is 0 Å². The normalized spacial score (nSPS) is 19.8. The lowest BCUT2D eigenvalue weighted by molar-refractivity contribution is -0.163. The number of carbonyl (C=O) groups is 3. The number of carboxylic acid groups (broad SMARTS) is 1. The minimum Gasteiger partial charge on any atom is -0.480 e. The number of amides is 2. The van der Waals surface area contributed by atoms with E-state index in [1.165, 1.54) is 0 Å². The Balaban J connectivity index is 1.88. The van der Waals surface area contributed by atoms with Crippen molar-refractivity contribution in [1.29, 1.82) is 0 Å². The molecule has 1 N–H and O–H groups in total. The molecule has 8 heteroatoms. The second-order valence-electron chi connectivity index (χ2n) is 6.66. The fourth-order valence-electron chi connectivity index (χ4n) is 3.46. The molecule has 142 valence electrons. The molecule has 2 aliphatic rings. The number of rotatable bonds is 6. The minimum atomic E-state index is -1.35. The van der Waals surface area contributed by atoms with E-state index in [2.05, 4.69) is 4.90 Å². The van der Waals surface area contributed by atoms with E-state index in [1.54, 1.807) is 23.6 Å². The zero-order valence-electron chi connectivity index (χ0n) is 15.2. The first-order chi connectivity index (χ1) is 11.9. The Morgan fingerprint density at radius 3 is 1.92 bits per heavy atom. The van der Waals surface area contributed by atoms with Crippen LogP contribution in [0.1, 0.15) is 26.7 Å². The molecule has 0 saturated carbocycles. The molecule has 2 amide bonds. The number of hydrogen-bond acceptors (Lipinski definition) is 5. The fraction of sp³-hybridized carbons (Fsp3) is 0.824. The van der Waals surface area contributed by atoms with Gasteiger partial charge in [0.1, 0.15) is 5.41 Å². The van der Waals surface area contributed by atoms with Gasteiger partial charge in [0, 0.05) is 39.3 Å². The van der Waals surface area contributed by atoms with Crippen LogP contribution in [0.2, 0.25) is 0 Å². The van der Waals surface area contributed by atoms with Gasteiger partial charge in [0.15, 0.2) is 0 Å². The smallest absolute Gasteiger partial charge is 0.319 e. The van der Waals surface area contributed by atoms with Crippen LogP contribution in [-0.2, 0) is 19.1 Å². The zero-order valence-corrected chi connectivity index (χ0v) is 15.2. The van der Waals surface area contributed by atoms with Crippen LogP contribution in [0.5, 0.6) is 0 Å². The first kappa shape index (κ1) is 19.7. The molecule has 0 radical (unpaired) electrons. The molecule has 0 bridgehead atoms. The SMILES string of the molecule is CCC(CC)(C(=O)O)C(=O)N1CCN(C(=O)CN2CCOCC2)CC1. The summed E-state index contributed by atoms with van der Waals surface area (Å²) in [6.45, 7) is 8.37. The van der Waals surface area contributed by atoms with E-state index in [0.717, 1.165) is 13.1 Å². The summed E-state index contributed by atoms with van der Waals surface area (Å²) in [5.41, 5.74) is -1.35. The Morgan fingerprint density at radius 1 is 0.920 bits per heavy atom. The van der Waals surface area contributed by atoms with Gasteiger partial charge in [-0.2, -0.15) is 0 Å². The lowest BCUT2D eigenvalue weighted by Crippen LogP contribution is -2.57. The number of nitrogens with zero attached hydrogens (tertiary/aromatic N) is 3. The molecule has 2 saturated heterocycles. The second-order valence-corrected chi connectivity index (χ2v) is 6.66. The molecule has 2 aliphatic heterocycles. The Morgan fingerprint density at radius 2 is 1.44 bits per heavy atom. The quantitative estimate of drug-likeness (QED) is 0.668. The summed E-state index contributed by atoms with van der Waals surface area (Å²) in [5, 5.41) is 9.52. The summed E-state index contributed by atoms with van der Waals surface area (Å²) in [4.78, 5) is 42.2. The number of aliphatic carboxylic acids is 1. The van der Waals surface area contributed by atoms with Gasteiger partial charge in [0.25, 0.3) is 0 Å². The molecular formula is C17H29N3O5. The molecule has 0 atom stereocenters. The summed E-state index contributed by atoms with van der Waals surface area (Å²) in [6, 6.07) is 0. The molecule has 25 heavy (non-hydrogen) atoms. The summed E-state index contributed by atoms with van der Waals surface area (Å²) >= 11 is 0. The van der Waals surface area contributed by atoms with Crippen LogP contribution >= 0.6 is 0 Å². The van der Waals surface area contributed by atoms with Crippen LogP contribution in [0.25, 0.3) is 0 Å². The van der Waals surface area contributed by atoms with Crippen molar-refractivity contribution in [1.82, 2.24) is 14.7 Å². The number of piperazine rings is 1. The van der Waals surface area contributed by atoms with Gasteiger partial charge in [0.2, 0.25) is 11.8 Å². The Bertz CT molecular complexity index is 493. The van der Waals surface area contributed by atoms with E-state index < -0.39 is 11.4 Å². The van der Waals surface area contributed by atoms with Crippen molar-refractivity contribution in [3.05, 3.63) is 0 Å². The minimum absolute atomic E-state index is 0.0597. The average molecular weight is 355 g/mol. The summed E-state index contributed by atoms with van der Waals surface area (Å²) in [7, 11) is 0. The molecule has 8 nitrogen and oxygen atoms in total. The fourth-order valence-corrected chi connectivity index (χ4v) is 3.46. The molecule has 0 aliphatic carbocycles. The van der Waals surface area contributed by atoms with Gasteiger partial charge < -0.3 is 19.6 Å². The second kappa shape index (κ2) is 8.62. The van der Waals surface area contributed by atoms with E-state index in [-0.39, 0.29) is 24.7 Å². The van der Waals surface area contributed by atoms with E-state index >= 15 is 0 Å². The van der Waals surface area contributed by atoms with Crippen molar-refractivity contribution in [3.63, 3.8) is 0 Å². The maximum absolute atomic E-state index is 12.7. The van der Waals surface area contributed by atoms with Crippen molar-refractivity contribution in [3.8, 4) is 0 Å². The molecule has 0 aromatic rings. The predicted molar refractivity (Wildman–Crippen MR) is 91.1 cm³/mol. The molecular weight excluding hydrogens is 326 g/mol. The largest absolute Gasteiger partial charge is 0.480 e. The Hall–Kier alpha value is -1.67. The highest BCUT2D eigenvalue weighted by molar-refractivity contribution is 6.01. The number of morpholine rings is 1. The summed E-state index contributed by atoms with van der Waals surface area (Å²) in [5.74, 6) is -1.33. The van der Waals surface area contributed by atoms with Crippen LogP contribution < -0.4 is 0 Å². The number of ether oxygens (including phenoxy) is 1. The molecule has 0 aromatic heterocycles. The van der Waals surface area contributed by atoms with E-state index in [4.69, 9.17) is 4.74 Å². The van der Waals surface area contributed by atoms with Gasteiger partial charge in [-0.15, -0.1) is 0 Å². The van der Waals surface area contributed by atoms with E-state index in [0.29, 0.717) is 45.9 Å². The van der Waals surface area contributed by atoms with Crippen molar-refractivity contribution < 1.29 is 24.2 Å². The molecule has 2 rings (SSSR count). The lowest BCUT2D eigenvalue weighted by atomic mass is 9.80. The molecule has 0 unspecified atom stereocenters. The number of carboxylic acids is 1. The van der Waals surface area contributed by atoms with Crippen molar-refractivity contribution in [2.45, 2.75) is 26.7 Å². The van der Waals surface area contributed by atoms with Crippen molar-refractivity contribution in [2.75, 3.05) is 59.0 Å². The molecule has 2 heterocycles. The van der Waals surface area contributed by atoms with Gasteiger partial charge in [-0.05, 0) is 12.8 Å². The third kappa shape index (κ3) is 4.30. The van der Waals surface area contributed by atoms with Gasteiger partial charge in [0.05, 0.1) is 19.8 Å². The van der Waals surface area contributed by atoms with Crippen LogP contribution in [0.15, 0.2) is 0 Å². The molecule has 0 spiro atoms. The molecule has 0 aromatic carbocycles. The maximum atomic E-state index is 12.7. The van der Waals surface area contributed by atoms with Crippen LogP contribution in [-0.4, -0.2) is 96.6 Å². The molecule has 2 fully saturated rings. The highest BCUT2D eigenvalue weighted by atomic mass is 16.5. The Labute approximate surface area is 148 Å². The standard InChI is InChI=1S/C17H29N3O5/c1-3-17(4-2,16(23)24)15(22)20-7-5-19(6-8-20)14(21)13-18-9-11-25-12-10-18/h3-13H2,1-2H3,(H,23,24). The first-order valence-corrected chi connectivity index (χ1v) is 9.05. The van der Waals surface area contributed by atoms with Crippen molar-refractivity contribution >= 4 is 17.8 Å². The maximum Gasteiger partial charge on any atom is 0.319 e. The monoisotopic (exact) mass is 355 g/mol. The lowest BCUT2D eigenvalue weighted by Gasteiger charge is -2.39. The predicted octanol–water partition coefficient (Wildman–Crippen LogP) is -0.120. The number of carbonyl (C=O) groups excluding carboxylic acids is 2. The van der Waals surface area contributed by atoms with Gasteiger partial charge in [-0.3, -0.25) is 19.3 Å². The first-order valence-electron chi connectivity index (χ1n) is 9.05. The Kier molecular flexibility index (Phi) is 6.78. The van der Waals surface area contributed by atoms with Gasteiger partial charge >= 0.3 is 5.97 Å². The van der Waals surface area contributed by atoms with Crippen LogP contribution in [0.4, 0.5) is 0 Å². The highest BCUT2D eigenvalue weighted by Gasteiger charge is 2.45. The van der Waals surface area contributed by atoms with Crippen LogP contribution in [0, 0.1) is 5.41 Å². The van der Waals surface area contributed by atoms with Gasteiger partial charge in [-0.1, -0.05) is 13.8 Å². The summed E-state index contributed by atoms with van der Waals surface area (Å²) < 4.78 is 5.28. The van der Waals surface area contributed by atoms with Crippen LogP contribution in [0.3, 0.4) is 0 Å². The third-order valence-electron chi connectivity index (χ3n) is 5.41. The number of hydrogen-bond donors (Lipinski definition) is 1. The highest BCUT2D eigenvalue weighted by Crippen LogP contribution is 2.30. The van der Waals surface area contributed by atoms with E-state index in [1.807, 2.05) is 0 Å². The summed E-state index contributed by atoms with van der Waals surface area (Å²) in [6.07, 6.45) is 0.543.